The number of carbonyl (C=O) groups excluding carboxylic acids is 1. The summed E-state index contributed by atoms with van der Waals surface area (Å²) in [5, 5.41) is 0. The third kappa shape index (κ3) is 6.25. The first-order valence-corrected chi connectivity index (χ1v) is 9.77. The molecule has 1 aromatic carbocycles. The predicted molar refractivity (Wildman–Crippen MR) is 105 cm³/mol. The summed E-state index contributed by atoms with van der Waals surface area (Å²) >= 11 is 0. The van der Waals surface area contributed by atoms with Crippen molar-refractivity contribution in [1.82, 2.24) is 9.97 Å². The topological polar surface area (TPSA) is 52.1 Å². The number of hydrogen-bond donors (Lipinski definition) is 0. The molecule has 2 aromatic rings. The van der Waals surface area contributed by atoms with Crippen LogP contribution in [0.5, 0.6) is 5.75 Å². The van der Waals surface area contributed by atoms with E-state index in [1.165, 1.54) is 37.7 Å². The van der Waals surface area contributed by atoms with Crippen molar-refractivity contribution in [3.63, 3.8) is 0 Å². The van der Waals surface area contributed by atoms with E-state index in [4.69, 9.17) is 4.74 Å². The molecular weight excluding hydrogens is 324 g/mol. The maximum absolute atomic E-state index is 11.8. The average Bonchev–Trinajstić information content (AvgIpc) is 2.68. The van der Waals surface area contributed by atoms with Gasteiger partial charge in [0.05, 0.1) is 18.3 Å². The van der Waals surface area contributed by atoms with Crippen molar-refractivity contribution in [1.29, 1.82) is 0 Å². The summed E-state index contributed by atoms with van der Waals surface area (Å²) in [6.45, 7) is 6.05. The second-order valence-electron chi connectivity index (χ2n) is 6.83. The fraction of sp³-hybridized carbons (Fsp3) is 0.500. The van der Waals surface area contributed by atoms with Crippen molar-refractivity contribution in [2.75, 3.05) is 0 Å². The lowest BCUT2D eigenvalue weighted by Crippen LogP contribution is -2.17. The highest BCUT2D eigenvalue weighted by atomic mass is 16.5. The smallest absolute Gasteiger partial charge is 0.314 e. The minimum atomic E-state index is -0.243. The quantitative estimate of drug-likeness (QED) is 0.411. The molecule has 4 nitrogen and oxygen atoms in total. The molecule has 0 fully saturated rings. The van der Waals surface area contributed by atoms with E-state index < -0.39 is 0 Å². The molecule has 140 valence electrons. The zero-order valence-corrected chi connectivity index (χ0v) is 16.2. The van der Waals surface area contributed by atoms with Crippen LogP contribution in [0.2, 0.25) is 0 Å². The number of rotatable bonds is 10. The van der Waals surface area contributed by atoms with E-state index in [9.17, 15) is 4.79 Å². The van der Waals surface area contributed by atoms with Crippen molar-refractivity contribution in [3.8, 4) is 17.1 Å². The van der Waals surface area contributed by atoms with Crippen LogP contribution in [0.3, 0.4) is 0 Å². The van der Waals surface area contributed by atoms with Crippen LogP contribution < -0.4 is 4.74 Å². The van der Waals surface area contributed by atoms with Crippen molar-refractivity contribution >= 4 is 5.97 Å². The van der Waals surface area contributed by atoms with Gasteiger partial charge in [0.25, 0.3) is 0 Å². The average molecular weight is 354 g/mol. The number of ether oxygens (including phenoxy) is 1. The summed E-state index contributed by atoms with van der Waals surface area (Å²) in [6.07, 6.45) is 11.5. The lowest BCUT2D eigenvalue weighted by Gasteiger charge is -2.08. The summed E-state index contributed by atoms with van der Waals surface area (Å²) < 4.78 is 5.29. The highest BCUT2D eigenvalue weighted by Gasteiger charge is 2.13. The van der Waals surface area contributed by atoms with Crippen molar-refractivity contribution in [3.05, 3.63) is 42.2 Å². The zero-order chi connectivity index (χ0) is 18.8. The molecule has 0 N–H and O–H groups in total. The van der Waals surface area contributed by atoms with Gasteiger partial charge in [0, 0.05) is 5.56 Å². The van der Waals surface area contributed by atoms with Crippen LogP contribution in [-0.4, -0.2) is 15.9 Å². The highest BCUT2D eigenvalue weighted by molar-refractivity contribution is 5.74. The van der Waals surface area contributed by atoms with Gasteiger partial charge in [-0.1, -0.05) is 70.7 Å². The molecule has 0 spiro atoms. The standard InChI is InChI=1S/C22H30N2O2/c1-4-6-7-8-9-10-18-11-13-19(14-12-18)21-23-15-20(16-24-21)26-22(25)17(3)5-2/h11-17H,4-10H2,1-3H3. The first-order chi connectivity index (χ1) is 12.6. The van der Waals surface area contributed by atoms with Gasteiger partial charge in [-0.15, -0.1) is 0 Å². The van der Waals surface area contributed by atoms with Gasteiger partial charge in [0.2, 0.25) is 0 Å². The largest absolute Gasteiger partial charge is 0.423 e. The third-order valence-corrected chi connectivity index (χ3v) is 4.64. The maximum Gasteiger partial charge on any atom is 0.314 e. The van der Waals surface area contributed by atoms with Gasteiger partial charge in [-0.05, 0) is 24.8 Å². The molecule has 0 aliphatic heterocycles. The van der Waals surface area contributed by atoms with Gasteiger partial charge in [-0.2, -0.15) is 0 Å². The molecule has 0 amide bonds. The molecular formula is C22H30N2O2. The lowest BCUT2D eigenvalue weighted by molar-refractivity contribution is -0.138. The van der Waals surface area contributed by atoms with Gasteiger partial charge in [0.1, 0.15) is 0 Å². The fourth-order valence-electron chi connectivity index (χ4n) is 2.65. The van der Waals surface area contributed by atoms with Gasteiger partial charge < -0.3 is 4.74 Å². The number of benzene rings is 1. The molecule has 1 atom stereocenters. The molecule has 0 bridgehead atoms. The van der Waals surface area contributed by atoms with Crippen LogP contribution in [0.1, 0.15) is 64.9 Å². The number of esters is 1. The van der Waals surface area contributed by atoms with Crippen molar-refractivity contribution < 1.29 is 9.53 Å². The minimum absolute atomic E-state index is 0.121. The minimum Gasteiger partial charge on any atom is -0.423 e. The number of aromatic nitrogens is 2. The van der Waals surface area contributed by atoms with Crippen LogP contribution >= 0.6 is 0 Å². The first kappa shape index (κ1) is 20.1. The van der Waals surface area contributed by atoms with E-state index in [0.717, 1.165) is 18.4 Å². The van der Waals surface area contributed by atoms with E-state index in [0.29, 0.717) is 11.6 Å². The Bertz CT molecular complexity index is 666. The Hall–Kier alpha value is -2.23. The summed E-state index contributed by atoms with van der Waals surface area (Å²) in [5.41, 5.74) is 2.32. The molecule has 1 unspecified atom stereocenters. The highest BCUT2D eigenvalue weighted by Crippen LogP contribution is 2.19. The molecule has 0 aliphatic rings. The molecule has 2 rings (SSSR count). The third-order valence-electron chi connectivity index (χ3n) is 4.64. The number of carbonyl (C=O) groups is 1. The molecule has 1 heterocycles. The number of nitrogens with zero attached hydrogens (tertiary/aromatic N) is 2. The van der Waals surface area contributed by atoms with E-state index in [1.807, 2.05) is 13.8 Å². The summed E-state index contributed by atoms with van der Waals surface area (Å²) in [4.78, 5) is 20.5. The number of unbranched alkanes of at least 4 members (excludes halogenated alkanes) is 4. The Morgan fingerprint density at radius 1 is 1.00 bits per heavy atom. The lowest BCUT2D eigenvalue weighted by atomic mass is 10.0. The summed E-state index contributed by atoms with van der Waals surface area (Å²) in [5.74, 6) is 0.668. The van der Waals surface area contributed by atoms with Crippen LogP contribution in [0, 0.1) is 5.92 Å². The van der Waals surface area contributed by atoms with Crippen LogP contribution in [0.25, 0.3) is 11.4 Å². The van der Waals surface area contributed by atoms with Gasteiger partial charge in [-0.25, -0.2) is 9.97 Å². The second kappa shape index (κ2) is 10.7. The number of aryl methyl sites for hydroxylation is 1. The van der Waals surface area contributed by atoms with Crippen molar-refractivity contribution in [2.45, 2.75) is 65.7 Å². The van der Waals surface area contributed by atoms with E-state index in [1.54, 1.807) is 12.4 Å². The molecule has 4 heteroatoms. The monoisotopic (exact) mass is 354 g/mol. The molecule has 0 saturated heterocycles. The van der Waals surface area contributed by atoms with Crippen LogP contribution in [0.15, 0.2) is 36.7 Å². The molecule has 0 aliphatic carbocycles. The second-order valence-corrected chi connectivity index (χ2v) is 6.83. The van der Waals surface area contributed by atoms with Gasteiger partial charge >= 0.3 is 5.97 Å². The Labute approximate surface area is 157 Å². The zero-order valence-electron chi connectivity index (χ0n) is 16.2. The predicted octanol–water partition coefficient (Wildman–Crippen LogP) is 5.61. The Balaban J connectivity index is 1.89. The van der Waals surface area contributed by atoms with Crippen LogP contribution in [-0.2, 0) is 11.2 Å². The maximum atomic E-state index is 11.8. The normalized spacial score (nSPS) is 12.0. The Morgan fingerprint density at radius 2 is 1.65 bits per heavy atom. The molecule has 26 heavy (non-hydrogen) atoms. The molecule has 0 saturated carbocycles. The Kier molecular flexibility index (Phi) is 8.26. The van der Waals surface area contributed by atoms with E-state index >= 15 is 0 Å². The molecule has 0 radical (unpaired) electrons. The Morgan fingerprint density at radius 3 is 2.27 bits per heavy atom. The van der Waals surface area contributed by atoms with Gasteiger partial charge in [0.15, 0.2) is 11.6 Å². The van der Waals surface area contributed by atoms with Gasteiger partial charge in [-0.3, -0.25) is 4.79 Å². The summed E-state index contributed by atoms with van der Waals surface area (Å²) in [7, 11) is 0. The SMILES string of the molecule is CCCCCCCc1ccc(-c2ncc(OC(=O)C(C)CC)cn2)cc1. The van der Waals surface area contributed by atoms with E-state index in [2.05, 4.69) is 41.2 Å². The van der Waals surface area contributed by atoms with E-state index in [-0.39, 0.29) is 11.9 Å². The van der Waals surface area contributed by atoms with Crippen molar-refractivity contribution in [2.24, 2.45) is 5.92 Å². The molecule has 1 aromatic heterocycles. The fourth-order valence-corrected chi connectivity index (χ4v) is 2.65. The number of hydrogen-bond acceptors (Lipinski definition) is 4. The van der Waals surface area contributed by atoms with Crippen LogP contribution in [0.4, 0.5) is 0 Å². The first-order valence-electron chi connectivity index (χ1n) is 9.77. The summed E-state index contributed by atoms with van der Waals surface area (Å²) in [6, 6.07) is 8.41.